The van der Waals surface area contributed by atoms with Crippen LogP contribution in [0.25, 0.3) is 11.0 Å². The summed E-state index contributed by atoms with van der Waals surface area (Å²) in [6, 6.07) is 18.3. The van der Waals surface area contributed by atoms with Gasteiger partial charge in [0.15, 0.2) is 0 Å². The predicted molar refractivity (Wildman–Crippen MR) is 143 cm³/mol. The van der Waals surface area contributed by atoms with Gasteiger partial charge in [-0.3, -0.25) is 14.5 Å². The molecule has 2 heterocycles. The van der Waals surface area contributed by atoms with Gasteiger partial charge in [-0.05, 0) is 55.0 Å². The third kappa shape index (κ3) is 6.11. The molecular formula is C27H31N7O3. The Bertz CT molecular complexity index is 1370. The van der Waals surface area contributed by atoms with Crippen molar-refractivity contribution in [3.8, 4) is 0 Å². The number of nitrogens with two attached hydrogens (primary N) is 2. The molecule has 10 nitrogen and oxygen atoms in total. The maximum atomic E-state index is 13.5. The summed E-state index contributed by atoms with van der Waals surface area (Å²) in [6.45, 7) is 2.68. The van der Waals surface area contributed by atoms with E-state index in [0.29, 0.717) is 23.4 Å². The van der Waals surface area contributed by atoms with E-state index in [1.165, 1.54) is 4.90 Å². The minimum atomic E-state index is -0.510. The van der Waals surface area contributed by atoms with Crippen molar-refractivity contribution in [3.05, 3.63) is 83.8 Å². The lowest BCUT2D eigenvalue weighted by molar-refractivity contribution is -0.142. The number of ether oxygens (including phenoxy) is 1. The molecule has 2 aromatic heterocycles. The van der Waals surface area contributed by atoms with E-state index >= 15 is 0 Å². The number of nitrogens with one attached hydrogen (secondary N) is 1. The number of rotatable bonds is 10. The Labute approximate surface area is 215 Å². The summed E-state index contributed by atoms with van der Waals surface area (Å²) in [6.07, 6.45) is 1.17. The summed E-state index contributed by atoms with van der Waals surface area (Å²) in [7, 11) is 1.93. The molecule has 0 spiro atoms. The van der Waals surface area contributed by atoms with E-state index in [2.05, 4.69) is 10.3 Å². The van der Waals surface area contributed by atoms with E-state index in [-0.39, 0.29) is 31.4 Å². The average Bonchev–Trinajstić information content (AvgIpc) is 3.23. The molecule has 5 N–H and O–H groups in total. The van der Waals surface area contributed by atoms with Gasteiger partial charge in [-0.2, -0.15) is 0 Å². The smallest absolute Gasteiger partial charge is 0.307 e. The Hall–Kier alpha value is -4.28. The first kappa shape index (κ1) is 25.8. The molecule has 0 bridgehead atoms. The van der Waals surface area contributed by atoms with Gasteiger partial charge in [-0.15, -0.1) is 0 Å². The van der Waals surface area contributed by atoms with Crippen LogP contribution in [-0.2, 0) is 23.1 Å². The lowest BCUT2D eigenvalue weighted by Gasteiger charge is -2.21. The SMILES string of the molecule is CCOC(=O)CCN(C(=O)c1ccc2c(c1)nc(CNc1ccc(C(N)N)cc1)n2C)c1ccccn1. The zero-order chi connectivity index (χ0) is 26.4. The number of carbonyl (C=O) groups excluding carboxylic acids is 2. The fourth-order valence-corrected chi connectivity index (χ4v) is 3.97. The van der Waals surface area contributed by atoms with Gasteiger partial charge in [0.05, 0.1) is 36.8 Å². The highest BCUT2D eigenvalue weighted by Crippen LogP contribution is 2.21. The maximum absolute atomic E-state index is 13.5. The summed E-state index contributed by atoms with van der Waals surface area (Å²) in [5.41, 5.74) is 15.2. The summed E-state index contributed by atoms with van der Waals surface area (Å²) >= 11 is 0. The lowest BCUT2D eigenvalue weighted by Crippen LogP contribution is -2.34. The van der Waals surface area contributed by atoms with Crippen LogP contribution in [0.2, 0.25) is 0 Å². The molecule has 4 aromatic rings. The quantitative estimate of drug-likeness (QED) is 0.222. The molecule has 1 amide bonds. The standard InChI is InChI=1S/C27H31N7O3/c1-3-37-25(35)13-15-34(23-6-4-5-14-30-23)27(36)19-9-12-22-21(16-19)32-24(33(22)2)17-31-20-10-7-18(8-11-20)26(28)29/h4-12,14,16,26,31H,3,13,15,17,28-29H2,1-2H3. The number of aromatic nitrogens is 3. The molecule has 0 radical (unpaired) electrons. The van der Waals surface area contributed by atoms with E-state index in [1.54, 1.807) is 43.5 Å². The van der Waals surface area contributed by atoms with Crippen molar-refractivity contribution in [3.63, 3.8) is 0 Å². The summed E-state index contributed by atoms with van der Waals surface area (Å²) in [5.74, 6) is 0.634. The lowest BCUT2D eigenvalue weighted by atomic mass is 10.1. The van der Waals surface area contributed by atoms with Crippen molar-refractivity contribution in [2.75, 3.05) is 23.4 Å². The number of fused-ring (bicyclic) bond motifs is 1. The molecule has 0 aliphatic carbocycles. The number of anilines is 2. The zero-order valence-electron chi connectivity index (χ0n) is 20.9. The number of hydrogen-bond acceptors (Lipinski definition) is 8. The van der Waals surface area contributed by atoms with E-state index in [9.17, 15) is 9.59 Å². The molecular weight excluding hydrogens is 470 g/mol. The minimum absolute atomic E-state index is 0.0655. The number of carbonyl (C=O) groups is 2. The number of benzene rings is 2. The fraction of sp³-hybridized carbons (Fsp3) is 0.259. The highest BCUT2D eigenvalue weighted by Gasteiger charge is 2.21. The number of esters is 1. The first-order valence-corrected chi connectivity index (χ1v) is 12.1. The van der Waals surface area contributed by atoms with Gasteiger partial charge in [0.25, 0.3) is 5.91 Å². The Morgan fingerprint density at radius 3 is 2.57 bits per heavy atom. The van der Waals surface area contributed by atoms with Crippen molar-refractivity contribution >= 4 is 34.4 Å². The van der Waals surface area contributed by atoms with Crippen LogP contribution in [0.1, 0.15) is 41.3 Å². The molecule has 192 valence electrons. The molecule has 4 rings (SSSR count). The van der Waals surface area contributed by atoms with Gasteiger partial charge in [0, 0.05) is 31.0 Å². The average molecular weight is 502 g/mol. The summed E-state index contributed by atoms with van der Waals surface area (Å²) < 4.78 is 7.02. The maximum Gasteiger partial charge on any atom is 0.307 e. The van der Waals surface area contributed by atoms with E-state index in [1.807, 2.05) is 41.9 Å². The molecule has 37 heavy (non-hydrogen) atoms. The Morgan fingerprint density at radius 1 is 1.11 bits per heavy atom. The third-order valence-electron chi connectivity index (χ3n) is 5.98. The largest absolute Gasteiger partial charge is 0.466 e. The first-order valence-electron chi connectivity index (χ1n) is 12.1. The molecule has 0 aliphatic rings. The van der Waals surface area contributed by atoms with Gasteiger partial charge in [-0.25, -0.2) is 9.97 Å². The van der Waals surface area contributed by atoms with Crippen molar-refractivity contribution in [1.29, 1.82) is 0 Å². The second-order valence-corrected chi connectivity index (χ2v) is 8.49. The molecule has 0 fully saturated rings. The van der Waals surface area contributed by atoms with Gasteiger partial charge < -0.3 is 26.1 Å². The molecule has 0 atom stereocenters. The Kier molecular flexibility index (Phi) is 8.11. The highest BCUT2D eigenvalue weighted by molar-refractivity contribution is 6.07. The van der Waals surface area contributed by atoms with Crippen LogP contribution < -0.4 is 21.7 Å². The van der Waals surface area contributed by atoms with Crippen LogP contribution in [0.5, 0.6) is 0 Å². The second kappa shape index (κ2) is 11.6. The number of nitrogens with zero attached hydrogens (tertiary/aromatic N) is 4. The van der Waals surface area contributed by atoms with Crippen molar-refractivity contribution < 1.29 is 14.3 Å². The molecule has 0 aliphatic heterocycles. The monoisotopic (exact) mass is 501 g/mol. The summed E-state index contributed by atoms with van der Waals surface area (Å²) in [5, 5.41) is 3.35. The van der Waals surface area contributed by atoms with Crippen LogP contribution in [0.3, 0.4) is 0 Å². The molecule has 0 unspecified atom stereocenters. The number of hydrogen-bond donors (Lipinski definition) is 3. The van der Waals surface area contributed by atoms with E-state index in [4.69, 9.17) is 21.2 Å². The normalized spacial score (nSPS) is 11.1. The van der Waals surface area contributed by atoms with Crippen LogP contribution in [0.4, 0.5) is 11.5 Å². The number of amides is 1. The van der Waals surface area contributed by atoms with Crippen molar-refractivity contribution in [2.24, 2.45) is 18.5 Å². The first-order chi connectivity index (χ1) is 17.9. The van der Waals surface area contributed by atoms with Crippen LogP contribution in [-0.4, -0.2) is 39.6 Å². The van der Waals surface area contributed by atoms with Crippen molar-refractivity contribution in [1.82, 2.24) is 14.5 Å². The topological polar surface area (TPSA) is 141 Å². The van der Waals surface area contributed by atoms with E-state index < -0.39 is 6.17 Å². The van der Waals surface area contributed by atoms with E-state index in [0.717, 1.165) is 22.6 Å². The summed E-state index contributed by atoms with van der Waals surface area (Å²) in [4.78, 5) is 36.0. The zero-order valence-corrected chi connectivity index (χ0v) is 20.9. The third-order valence-corrected chi connectivity index (χ3v) is 5.98. The van der Waals surface area contributed by atoms with Crippen molar-refractivity contribution in [2.45, 2.75) is 26.1 Å². The van der Waals surface area contributed by atoms with Gasteiger partial charge in [0.1, 0.15) is 11.6 Å². The van der Waals surface area contributed by atoms with Crippen LogP contribution in [0.15, 0.2) is 66.9 Å². The molecule has 0 saturated carbocycles. The number of aryl methyl sites for hydroxylation is 1. The molecule has 10 heteroatoms. The van der Waals surface area contributed by atoms with Gasteiger partial charge in [0.2, 0.25) is 0 Å². The fourth-order valence-electron chi connectivity index (χ4n) is 3.97. The van der Waals surface area contributed by atoms with Crippen LogP contribution in [0, 0.1) is 0 Å². The van der Waals surface area contributed by atoms with Gasteiger partial charge >= 0.3 is 5.97 Å². The van der Waals surface area contributed by atoms with Gasteiger partial charge in [-0.1, -0.05) is 18.2 Å². The Morgan fingerprint density at radius 2 is 1.89 bits per heavy atom. The predicted octanol–water partition coefficient (Wildman–Crippen LogP) is 3.10. The minimum Gasteiger partial charge on any atom is -0.466 e. The second-order valence-electron chi connectivity index (χ2n) is 8.49. The molecule has 2 aromatic carbocycles. The Balaban J connectivity index is 1.54. The molecule has 0 saturated heterocycles. The highest BCUT2D eigenvalue weighted by atomic mass is 16.5. The number of pyridine rings is 1. The van der Waals surface area contributed by atoms with Crippen LogP contribution >= 0.6 is 0 Å². The number of imidazole rings is 1.